The van der Waals surface area contributed by atoms with Crippen molar-refractivity contribution in [3.05, 3.63) is 45.7 Å². The van der Waals surface area contributed by atoms with Crippen LogP contribution in [0.4, 0.5) is 14.5 Å². The van der Waals surface area contributed by atoms with Gasteiger partial charge in [-0.25, -0.2) is 8.78 Å². The number of hydrogen-bond acceptors (Lipinski definition) is 5. The predicted molar refractivity (Wildman–Crippen MR) is 110 cm³/mol. The minimum absolute atomic E-state index is 0.0935. The molecule has 0 bridgehead atoms. The molecular weight excluding hydrogens is 394 g/mol. The van der Waals surface area contributed by atoms with Crippen molar-refractivity contribution in [2.45, 2.75) is 44.9 Å². The maximum absolute atomic E-state index is 12.7. The Morgan fingerprint density at radius 2 is 2.17 bits per heavy atom. The molecule has 1 saturated heterocycles. The minimum Gasteiger partial charge on any atom is -0.487 e. The molecule has 6 nitrogen and oxygen atoms in total. The number of nitrogens with zero attached hydrogens (tertiary/aromatic N) is 1. The van der Waals surface area contributed by atoms with Gasteiger partial charge in [-0.05, 0) is 43.0 Å². The fraction of sp³-hybridized carbons (Fsp3) is 0.500. The van der Waals surface area contributed by atoms with E-state index in [1.54, 1.807) is 23.8 Å². The normalized spacial score (nSPS) is 17.7. The zero-order valence-corrected chi connectivity index (χ0v) is 17.0. The van der Waals surface area contributed by atoms with E-state index in [2.05, 4.69) is 5.32 Å². The summed E-state index contributed by atoms with van der Waals surface area (Å²) in [5.41, 5.74) is 3.98. The van der Waals surface area contributed by atoms with Gasteiger partial charge < -0.3 is 24.1 Å². The number of benzene rings is 1. The lowest BCUT2D eigenvalue weighted by Crippen LogP contribution is -2.27. The number of halogens is 2. The number of fused-ring (bicyclic) bond motifs is 3. The Bertz CT molecular complexity index is 955. The molecule has 0 radical (unpaired) electrons. The summed E-state index contributed by atoms with van der Waals surface area (Å²) in [6, 6.07) is 7.21. The summed E-state index contributed by atoms with van der Waals surface area (Å²) >= 11 is 0. The van der Waals surface area contributed by atoms with Crippen molar-refractivity contribution in [1.29, 1.82) is 0 Å². The van der Waals surface area contributed by atoms with E-state index in [0.717, 1.165) is 47.5 Å². The van der Waals surface area contributed by atoms with Crippen LogP contribution in [0.1, 0.15) is 24.0 Å². The van der Waals surface area contributed by atoms with Gasteiger partial charge >= 0.3 is 0 Å². The molecule has 2 aromatic rings. The van der Waals surface area contributed by atoms with Crippen LogP contribution in [-0.4, -0.2) is 44.0 Å². The molecule has 0 amide bonds. The molecule has 8 heteroatoms. The van der Waals surface area contributed by atoms with Crippen LogP contribution >= 0.6 is 0 Å². The van der Waals surface area contributed by atoms with Crippen molar-refractivity contribution in [3.63, 3.8) is 0 Å². The average molecular weight is 420 g/mol. The van der Waals surface area contributed by atoms with Gasteiger partial charge in [0, 0.05) is 49.7 Å². The van der Waals surface area contributed by atoms with E-state index in [-0.39, 0.29) is 18.3 Å². The van der Waals surface area contributed by atoms with Gasteiger partial charge in [0.2, 0.25) is 0 Å². The number of aryl methyl sites for hydroxylation is 1. The summed E-state index contributed by atoms with van der Waals surface area (Å²) in [6.07, 6.45) is 0.323. The predicted octanol–water partition coefficient (Wildman–Crippen LogP) is 3.45. The number of ether oxygens (including phenoxy) is 3. The molecule has 2 aliphatic heterocycles. The summed E-state index contributed by atoms with van der Waals surface area (Å²) in [4.78, 5) is 12.7. The van der Waals surface area contributed by atoms with Crippen molar-refractivity contribution in [3.8, 4) is 17.0 Å². The fourth-order valence-corrected chi connectivity index (χ4v) is 4.10. The quantitative estimate of drug-likeness (QED) is 0.709. The third-order valence-corrected chi connectivity index (χ3v) is 5.52. The maximum atomic E-state index is 12.7. The van der Waals surface area contributed by atoms with Crippen LogP contribution in [0.3, 0.4) is 0 Å². The molecule has 162 valence electrons. The fourth-order valence-electron chi connectivity index (χ4n) is 4.10. The number of anilines is 1. The molecule has 1 fully saturated rings. The molecular formula is C22H26F2N2O4. The molecule has 30 heavy (non-hydrogen) atoms. The molecule has 0 aliphatic carbocycles. The molecule has 0 spiro atoms. The smallest absolute Gasteiger partial charge is 0.272 e. The van der Waals surface area contributed by atoms with Gasteiger partial charge in [-0.1, -0.05) is 0 Å². The largest absolute Gasteiger partial charge is 0.487 e. The number of aromatic nitrogens is 1. The summed E-state index contributed by atoms with van der Waals surface area (Å²) < 4.78 is 43.3. The number of rotatable bonds is 8. The van der Waals surface area contributed by atoms with E-state index in [9.17, 15) is 13.6 Å². The molecule has 4 rings (SSSR count). The molecule has 1 unspecified atom stereocenters. The summed E-state index contributed by atoms with van der Waals surface area (Å²) in [6.45, 7) is 1.56. The van der Waals surface area contributed by atoms with Crippen molar-refractivity contribution >= 4 is 5.69 Å². The number of alkyl halides is 2. The first kappa shape index (κ1) is 20.8. The standard InChI is InChI=1S/C22H26F2N2O4/c1-28-12-15-7-14-4-5-26-19(18(14)10-20(15)30-13-21(23)24)8-16(9-22(26)27)25-11-17-3-2-6-29-17/h7-10,17,21,25H,2-6,11-13H2,1H3. The summed E-state index contributed by atoms with van der Waals surface area (Å²) in [7, 11) is 1.55. The SMILES string of the molecule is COCc1cc2c(cc1OCC(F)F)-c1cc(NCC3CCCO3)cc(=O)n1CC2. The van der Waals surface area contributed by atoms with E-state index in [4.69, 9.17) is 14.2 Å². The highest BCUT2D eigenvalue weighted by Gasteiger charge is 2.22. The Kier molecular flexibility index (Phi) is 6.34. The molecule has 1 N–H and O–H groups in total. The van der Waals surface area contributed by atoms with Crippen molar-refractivity contribution in [2.24, 2.45) is 0 Å². The van der Waals surface area contributed by atoms with E-state index in [0.29, 0.717) is 25.3 Å². The summed E-state index contributed by atoms with van der Waals surface area (Å²) in [5.74, 6) is 0.356. The first-order valence-corrected chi connectivity index (χ1v) is 10.2. The Labute approximate surface area is 173 Å². The van der Waals surface area contributed by atoms with E-state index >= 15 is 0 Å². The third kappa shape index (κ3) is 4.49. The molecule has 1 aromatic carbocycles. The topological polar surface area (TPSA) is 61.7 Å². The molecule has 3 heterocycles. The molecule has 2 aliphatic rings. The highest BCUT2D eigenvalue weighted by atomic mass is 19.3. The van der Waals surface area contributed by atoms with Gasteiger partial charge in [0.25, 0.3) is 12.0 Å². The second-order valence-electron chi connectivity index (χ2n) is 7.64. The molecule has 1 atom stereocenters. The van der Waals surface area contributed by atoms with Gasteiger partial charge in [-0.3, -0.25) is 4.79 Å². The number of methoxy groups -OCH3 is 1. The van der Waals surface area contributed by atoms with E-state index in [1.165, 1.54) is 0 Å². The number of hydrogen-bond donors (Lipinski definition) is 1. The zero-order valence-electron chi connectivity index (χ0n) is 17.0. The van der Waals surface area contributed by atoms with Crippen LogP contribution < -0.4 is 15.6 Å². The maximum Gasteiger partial charge on any atom is 0.272 e. The number of nitrogens with one attached hydrogen (secondary N) is 1. The zero-order chi connectivity index (χ0) is 21.1. The first-order valence-electron chi connectivity index (χ1n) is 10.2. The van der Waals surface area contributed by atoms with Gasteiger partial charge in [0.15, 0.2) is 0 Å². The Hall–Kier alpha value is -2.45. The van der Waals surface area contributed by atoms with Crippen LogP contribution in [0, 0.1) is 0 Å². The highest BCUT2D eigenvalue weighted by Crippen LogP contribution is 2.35. The lowest BCUT2D eigenvalue weighted by molar-refractivity contribution is 0.0799. The monoisotopic (exact) mass is 420 g/mol. The van der Waals surface area contributed by atoms with Crippen LogP contribution in [0.5, 0.6) is 5.75 Å². The molecule has 1 aromatic heterocycles. The van der Waals surface area contributed by atoms with Crippen LogP contribution in [0.2, 0.25) is 0 Å². The average Bonchev–Trinajstić information content (AvgIpc) is 3.24. The van der Waals surface area contributed by atoms with Crippen LogP contribution in [-0.2, 0) is 29.0 Å². The second kappa shape index (κ2) is 9.14. The van der Waals surface area contributed by atoms with E-state index < -0.39 is 13.0 Å². The van der Waals surface area contributed by atoms with Crippen LogP contribution in [0.15, 0.2) is 29.1 Å². The van der Waals surface area contributed by atoms with Crippen molar-refractivity contribution in [2.75, 3.05) is 32.2 Å². The molecule has 0 saturated carbocycles. The van der Waals surface area contributed by atoms with Crippen molar-refractivity contribution in [1.82, 2.24) is 4.57 Å². The highest BCUT2D eigenvalue weighted by molar-refractivity contribution is 5.71. The van der Waals surface area contributed by atoms with E-state index in [1.807, 2.05) is 12.1 Å². The first-order chi connectivity index (χ1) is 14.5. The minimum atomic E-state index is -2.57. The Morgan fingerprint density at radius 3 is 2.90 bits per heavy atom. The van der Waals surface area contributed by atoms with Gasteiger partial charge in [0.1, 0.15) is 12.4 Å². The van der Waals surface area contributed by atoms with Gasteiger partial charge in [0.05, 0.1) is 18.4 Å². The summed E-state index contributed by atoms with van der Waals surface area (Å²) in [5, 5.41) is 3.31. The van der Waals surface area contributed by atoms with Gasteiger partial charge in [-0.15, -0.1) is 0 Å². The Morgan fingerprint density at radius 1 is 1.30 bits per heavy atom. The lowest BCUT2D eigenvalue weighted by Gasteiger charge is -2.25. The lowest BCUT2D eigenvalue weighted by atomic mass is 9.94. The van der Waals surface area contributed by atoms with Crippen molar-refractivity contribution < 1.29 is 23.0 Å². The van der Waals surface area contributed by atoms with Crippen LogP contribution in [0.25, 0.3) is 11.3 Å². The number of pyridine rings is 1. The van der Waals surface area contributed by atoms with Gasteiger partial charge in [-0.2, -0.15) is 0 Å². The Balaban J connectivity index is 1.68. The third-order valence-electron chi connectivity index (χ3n) is 5.52. The second-order valence-corrected chi connectivity index (χ2v) is 7.64.